The van der Waals surface area contributed by atoms with Crippen molar-refractivity contribution in [2.24, 2.45) is 0 Å². The highest BCUT2D eigenvalue weighted by molar-refractivity contribution is 6.00. The van der Waals surface area contributed by atoms with Gasteiger partial charge in [-0.05, 0) is 29.3 Å². The van der Waals surface area contributed by atoms with Gasteiger partial charge in [0.2, 0.25) is 0 Å². The summed E-state index contributed by atoms with van der Waals surface area (Å²) in [5, 5.41) is 9.47. The van der Waals surface area contributed by atoms with E-state index in [0.717, 1.165) is 11.1 Å². The fourth-order valence-electron chi connectivity index (χ4n) is 2.38. The molecule has 21 heavy (non-hydrogen) atoms. The molecular formula is C18H13NO2. The van der Waals surface area contributed by atoms with E-state index in [1.165, 1.54) is 0 Å². The summed E-state index contributed by atoms with van der Waals surface area (Å²) < 4.78 is 0. The summed E-state index contributed by atoms with van der Waals surface area (Å²) in [5.74, 6) is -0.951. The number of carbonyl (C=O) groups is 1. The van der Waals surface area contributed by atoms with Crippen molar-refractivity contribution in [3.8, 4) is 22.4 Å². The van der Waals surface area contributed by atoms with Gasteiger partial charge < -0.3 is 5.11 Å². The Kier molecular flexibility index (Phi) is 3.48. The number of carboxylic acids is 1. The van der Waals surface area contributed by atoms with Crippen molar-refractivity contribution < 1.29 is 9.90 Å². The zero-order valence-corrected chi connectivity index (χ0v) is 11.2. The molecule has 0 aliphatic carbocycles. The Morgan fingerprint density at radius 2 is 1.62 bits per heavy atom. The molecule has 0 aliphatic rings. The largest absolute Gasteiger partial charge is 0.478 e. The van der Waals surface area contributed by atoms with Crippen LogP contribution in [0.2, 0.25) is 0 Å². The number of benzene rings is 2. The van der Waals surface area contributed by atoms with Crippen LogP contribution in [0.25, 0.3) is 22.4 Å². The van der Waals surface area contributed by atoms with Crippen molar-refractivity contribution >= 4 is 5.97 Å². The molecule has 3 nitrogen and oxygen atoms in total. The van der Waals surface area contributed by atoms with E-state index in [2.05, 4.69) is 4.98 Å². The molecule has 0 atom stereocenters. The fraction of sp³-hybridized carbons (Fsp3) is 0. The molecule has 3 rings (SSSR count). The number of hydrogen-bond donors (Lipinski definition) is 1. The van der Waals surface area contributed by atoms with Gasteiger partial charge in [0, 0.05) is 11.8 Å². The monoisotopic (exact) mass is 275 g/mol. The van der Waals surface area contributed by atoms with Gasteiger partial charge in [-0.15, -0.1) is 0 Å². The number of hydrogen-bond acceptors (Lipinski definition) is 2. The maximum atomic E-state index is 11.6. The van der Waals surface area contributed by atoms with Crippen LogP contribution in [-0.2, 0) is 0 Å². The molecule has 0 amide bonds. The van der Waals surface area contributed by atoms with Gasteiger partial charge in [-0.2, -0.15) is 0 Å². The average Bonchev–Trinajstić information content (AvgIpc) is 2.55. The zero-order chi connectivity index (χ0) is 14.7. The summed E-state index contributed by atoms with van der Waals surface area (Å²) in [6, 6.07) is 20.5. The minimum atomic E-state index is -0.951. The van der Waals surface area contributed by atoms with Crippen molar-refractivity contribution in [3.63, 3.8) is 0 Å². The van der Waals surface area contributed by atoms with Gasteiger partial charge in [0.25, 0.3) is 0 Å². The third-order valence-electron chi connectivity index (χ3n) is 3.30. The molecule has 0 spiro atoms. The van der Waals surface area contributed by atoms with Crippen LogP contribution >= 0.6 is 0 Å². The van der Waals surface area contributed by atoms with Crippen molar-refractivity contribution in [1.82, 2.24) is 4.98 Å². The molecule has 1 aromatic heterocycles. The lowest BCUT2D eigenvalue weighted by Gasteiger charge is -2.12. The first kappa shape index (κ1) is 13.1. The molecule has 0 saturated heterocycles. The molecule has 102 valence electrons. The van der Waals surface area contributed by atoms with Crippen LogP contribution in [0.15, 0.2) is 72.9 Å². The highest BCUT2D eigenvalue weighted by atomic mass is 16.4. The second kappa shape index (κ2) is 5.59. The number of nitrogens with zero attached hydrogens (tertiary/aromatic N) is 1. The van der Waals surface area contributed by atoms with Gasteiger partial charge in [-0.3, -0.25) is 4.98 Å². The van der Waals surface area contributed by atoms with Crippen LogP contribution in [-0.4, -0.2) is 16.1 Å². The highest BCUT2D eigenvalue weighted by Gasteiger charge is 2.17. The topological polar surface area (TPSA) is 50.2 Å². The third-order valence-corrected chi connectivity index (χ3v) is 3.30. The molecule has 3 heteroatoms. The number of rotatable bonds is 3. The normalized spacial score (nSPS) is 10.3. The molecule has 0 radical (unpaired) electrons. The van der Waals surface area contributed by atoms with E-state index < -0.39 is 5.97 Å². The Bertz CT molecular complexity index is 768. The Balaban J connectivity index is 2.31. The maximum absolute atomic E-state index is 11.6. The first-order valence-electron chi connectivity index (χ1n) is 6.60. The zero-order valence-electron chi connectivity index (χ0n) is 11.2. The maximum Gasteiger partial charge on any atom is 0.336 e. The minimum absolute atomic E-state index is 0.259. The first-order chi connectivity index (χ1) is 10.3. The Labute approximate surface area is 122 Å². The number of carboxylic acid groups (broad SMARTS) is 1. The van der Waals surface area contributed by atoms with Gasteiger partial charge in [0.05, 0.1) is 11.3 Å². The molecule has 0 aliphatic heterocycles. The van der Waals surface area contributed by atoms with Crippen molar-refractivity contribution in [3.05, 3.63) is 78.5 Å². The van der Waals surface area contributed by atoms with E-state index in [1.54, 1.807) is 18.3 Å². The number of aromatic carboxylic acids is 1. The third kappa shape index (κ3) is 2.54. The molecule has 0 unspecified atom stereocenters. The summed E-state index contributed by atoms with van der Waals surface area (Å²) in [7, 11) is 0. The van der Waals surface area contributed by atoms with E-state index >= 15 is 0 Å². The summed E-state index contributed by atoms with van der Waals surface area (Å²) >= 11 is 0. The molecule has 1 N–H and O–H groups in total. The van der Waals surface area contributed by atoms with Crippen molar-refractivity contribution in [2.45, 2.75) is 0 Å². The summed E-state index contributed by atoms with van der Waals surface area (Å²) in [4.78, 5) is 15.9. The van der Waals surface area contributed by atoms with Gasteiger partial charge in [0.1, 0.15) is 0 Å². The molecule has 0 fully saturated rings. The lowest BCUT2D eigenvalue weighted by molar-refractivity contribution is 0.0697. The molecule has 0 saturated carbocycles. The molecule has 3 aromatic rings. The summed E-state index contributed by atoms with van der Waals surface area (Å²) in [6.45, 7) is 0. The SMILES string of the molecule is O=C(O)c1cccc(-c2ccccc2)c1-c1ccccn1. The van der Waals surface area contributed by atoms with Crippen LogP contribution in [0.1, 0.15) is 10.4 Å². The van der Waals surface area contributed by atoms with Crippen LogP contribution in [0.5, 0.6) is 0 Å². The second-order valence-corrected chi connectivity index (χ2v) is 4.61. The average molecular weight is 275 g/mol. The predicted octanol–water partition coefficient (Wildman–Crippen LogP) is 4.11. The fourth-order valence-corrected chi connectivity index (χ4v) is 2.38. The molecular weight excluding hydrogens is 262 g/mol. The lowest BCUT2D eigenvalue weighted by atomic mass is 9.93. The smallest absolute Gasteiger partial charge is 0.336 e. The van der Waals surface area contributed by atoms with Crippen LogP contribution in [0.4, 0.5) is 0 Å². The van der Waals surface area contributed by atoms with E-state index in [4.69, 9.17) is 0 Å². The van der Waals surface area contributed by atoms with E-state index in [1.807, 2.05) is 54.6 Å². The first-order valence-corrected chi connectivity index (χ1v) is 6.60. The van der Waals surface area contributed by atoms with Gasteiger partial charge >= 0.3 is 5.97 Å². The van der Waals surface area contributed by atoms with E-state index in [-0.39, 0.29) is 5.56 Å². The van der Waals surface area contributed by atoms with Crippen molar-refractivity contribution in [2.75, 3.05) is 0 Å². The minimum Gasteiger partial charge on any atom is -0.478 e. The van der Waals surface area contributed by atoms with Crippen LogP contribution < -0.4 is 0 Å². The molecule has 1 heterocycles. The van der Waals surface area contributed by atoms with Crippen LogP contribution in [0, 0.1) is 0 Å². The van der Waals surface area contributed by atoms with Gasteiger partial charge in [0.15, 0.2) is 0 Å². The van der Waals surface area contributed by atoms with E-state index in [0.29, 0.717) is 11.3 Å². The van der Waals surface area contributed by atoms with Crippen LogP contribution in [0.3, 0.4) is 0 Å². The Hall–Kier alpha value is -2.94. The Morgan fingerprint density at radius 1 is 0.857 bits per heavy atom. The standard InChI is InChI=1S/C18H13NO2/c20-18(21)15-10-6-9-14(13-7-2-1-3-8-13)17(15)16-11-4-5-12-19-16/h1-12H,(H,20,21). The van der Waals surface area contributed by atoms with Gasteiger partial charge in [-0.25, -0.2) is 4.79 Å². The highest BCUT2D eigenvalue weighted by Crippen LogP contribution is 2.33. The van der Waals surface area contributed by atoms with Crippen molar-refractivity contribution in [1.29, 1.82) is 0 Å². The molecule has 2 aromatic carbocycles. The Morgan fingerprint density at radius 3 is 2.29 bits per heavy atom. The summed E-state index contributed by atoms with van der Waals surface area (Å²) in [5.41, 5.74) is 3.41. The lowest BCUT2D eigenvalue weighted by Crippen LogP contribution is -2.02. The molecule has 0 bridgehead atoms. The van der Waals surface area contributed by atoms with Gasteiger partial charge in [-0.1, -0.05) is 48.5 Å². The number of aromatic nitrogens is 1. The van der Waals surface area contributed by atoms with E-state index in [9.17, 15) is 9.90 Å². The summed E-state index contributed by atoms with van der Waals surface area (Å²) in [6.07, 6.45) is 1.67. The predicted molar refractivity (Wildman–Crippen MR) is 82.1 cm³/mol. The number of pyridine rings is 1. The second-order valence-electron chi connectivity index (χ2n) is 4.61. The quantitative estimate of drug-likeness (QED) is 0.782.